The minimum Gasteiger partial charge on any atom is -0.351 e. The number of aryl methyl sites for hydroxylation is 1. The number of nitrogens with one attached hydrogen (secondary N) is 1. The van der Waals surface area contributed by atoms with Gasteiger partial charge < -0.3 is 9.88 Å². The first-order valence-electron chi connectivity index (χ1n) is 6.18. The lowest BCUT2D eigenvalue weighted by molar-refractivity contribution is -0.115. The van der Waals surface area contributed by atoms with E-state index in [0.29, 0.717) is 10.1 Å². The van der Waals surface area contributed by atoms with E-state index >= 15 is 0 Å². The molecule has 1 aromatic carbocycles. The Labute approximate surface area is 121 Å². The molecule has 1 amide bonds. The lowest BCUT2D eigenvalue weighted by Crippen LogP contribution is -2.19. The molecule has 0 bridgehead atoms. The standard InChI is InChI=1S/C15H13N3OS/c1-18-9-5-8-12(18)10-13-14(19)17-15(20-13)16-11-6-3-2-4-7-11/h2-10H,1H3,(H,16,17,19). The van der Waals surface area contributed by atoms with Gasteiger partial charge in [-0.25, -0.2) is 4.99 Å². The highest BCUT2D eigenvalue weighted by Crippen LogP contribution is 2.27. The summed E-state index contributed by atoms with van der Waals surface area (Å²) in [5, 5.41) is 3.39. The molecule has 0 atom stereocenters. The van der Waals surface area contributed by atoms with Crippen molar-refractivity contribution in [2.75, 3.05) is 0 Å². The van der Waals surface area contributed by atoms with Crippen molar-refractivity contribution in [2.24, 2.45) is 12.0 Å². The number of para-hydroxylation sites is 1. The Kier molecular flexibility index (Phi) is 3.43. The largest absolute Gasteiger partial charge is 0.351 e. The molecule has 0 unspecified atom stereocenters. The first-order valence-corrected chi connectivity index (χ1v) is 7.00. The lowest BCUT2D eigenvalue weighted by Gasteiger charge is -1.96. The molecule has 1 aliphatic rings. The molecule has 1 saturated heterocycles. The molecule has 0 spiro atoms. The molecule has 100 valence electrons. The summed E-state index contributed by atoms with van der Waals surface area (Å²) < 4.78 is 1.97. The van der Waals surface area contributed by atoms with Gasteiger partial charge in [0.05, 0.1) is 10.6 Å². The maximum Gasteiger partial charge on any atom is 0.264 e. The van der Waals surface area contributed by atoms with Crippen LogP contribution in [0.15, 0.2) is 58.6 Å². The van der Waals surface area contributed by atoms with Crippen LogP contribution in [0, 0.1) is 0 Å². The highest BCUT2D eigenvalue weighted by molar-refractivity contribution is 8.18. The van der Waals surface area contributed by atoms with E-state index in [1.165, 1.54) is 11.8 Å². The van der Waals surface area contributed by atoms with Crippen LogP contribution in [-0.2, 0) is 11.8 Å². The van der Waals surface area contributed by atoms with E-state index in [-0.39, 0.29) is 5.91 Å². The van der Waals surface area contributed by atoms with Crippen molar-refractivity contribution in [2.45, 2.75) is 0 Å². The number of hydrogen-bond donors (Lipinski definition) is 1. The molecule has 1 fully saturated rings. The van der Waals surface area contributed by atoms with Crippen molar-refractivity contribution in [1.29, 1.82) is 0 Å². The number of amides is 1. The van der Waals surface area contributed by atoms with Crippen LogP contribution in [0.25, 0.3) is 6.08 Å². The first-order chi connectivity index (χ1) is 9.72. The fraction of sp³-hybridized carbons (Fsp3) is 0.0667. The fourth-order valence-corrected chi connectivity index (χ4v) is 2.69. The van der Waals surface area contributed by atoms with Crippen molar-refractivity contribution in [3.8, 4) is 0 Å². The van der Waals surface area contributed by atoms with Crippen molar-refractivity contribution in [3.05, 3.63) is 59.3 Å². The van der Waals surface area contributed by atoms with E-state index in [1.807, 2.05) is 66.4 Å². The van der Waals surface area contributed by atoms with Crippen LogP contribution < -0.4 is 5.32 Å². The molecule has 4 nitrogen and oxygen atoms in total. The Morgan fingerprint density at radius 1 is 1.20 bits per heavy atom. The Morgan fingerprint density at radius 2 is 2.00 bits per heavy atom. The van der Waals surface area contributed by atoms with Gasteiger partial charge in [0.1, 0.15) is 0 Å². The summed E-state index contributed by atoms with van der Waals surface area (Å²) >= 11 is 1.36. The second-order valence-corrected chi connectivity index (χ2v) is 5.39. The molecular weight excluding hydrogens is 270 g/mol. The zero-order valence-corrected chi connectivity index (χ0v) is 11.7. The minimum absolute atomic E-state index is 0.106. The van der Waals surface area contributed by atoms with E-state index in [2.05, 4.69) is 10.3 Å². The third-order valence-corrected chi connectivity index (χ3v) is 3.81. The van der Waals surface area contributed by atoms with Gasteiger partial charge in [0.25, 0.3) is 5.91 Å². The second-order valence-electron chi connectivity index (χ2n) is 4.36. The molecule has 3 rings (SSSR count). The van der Waals surface area contributed by atoms with Gasteiger partial charge in [0.15, 0.2) is 5.17 Å². The molecule has 0 saturated carbocycles. The Balaban J connectivity index is 1.84. The minimum atomic E-state index is -0.106. The van der Waals surface area contributed by atoms with E-state index in [9.17, 15) is 4.79 Å². The molecule has 5 heteroatoms. The van der Waals surface area contributed by atoms with Gasteiger partial charge in [-0.3, -0.25) is 4.79 Å². The number of thioether (sulfide) groups is 1. The number of rotatable bonds is 2. The SMILES string of the molecule is Cn1cccc1C=C1SC(=Nc2ccccc2)NC1=O. The quantitative estimate of drug-likeness (QED) is 0.861. The number of carbonyl (C=O) groups is 1. The van der Waals surface area contributed by atoms with Crippen LogP contribution in [0.4, 0.5) is 5.69 Å². The maximum atomic E-state index is 11.9. The number of aliphatic imine (C=N–C) groups is 1. The summed E-state index contributed by atoms with van der Waals surface area (Å²) in [5.74, 6) is -0.106. The molecule has 2 heterocycles. The number of hydrogen-bond acceptors (Lipinski definition) is 3. The number of carbonyl (C=O) groups excluding carboxylic acids is 1. The fourth-order valence-electron chi connectivity index (χ4n) is 1.86. The molecule has 2 aromatic rings. The smallest absolute Gasteiger partial charge is 0.264 e. The maximum absolute atomic E-state index is 11.9. The summed E-state index contributed by atoms with van der Waals surface area (Å²) in [5.41, 5.74) is 1.82. The van der Waals surface area contributed by atoms with E-state index < -0.39 is 0 Å². The predicted octanol–water partition coefficient (Wildman–Crippen LogP) is 2.92. The summed E-state index contributed by atoms with van der Waals surface area (Å²) in [6.45, 7) is 0. The van der Waals surface area contributed by atoms with Gasteiger partial charge in [0.2, 0.25) is 0 Å². The summed E-state index contributed by atoms with van der Waals surface area (Å²) in [6, 6.07) is 13.5. The average molecular weight is 283 g/mol. The molecule has 1 aliphatic heterocycles. The number of benzene rings is 1. The first kappa shape index (κ1) is 12.7. The van der Waals surface area contributed by atoms with Crippen molar-refractivity contribution >= 4 is 34.6 Å². The molecule has 0 radical (unpaired) electrons. The highest BCUT2D eigenvalue weighted by atomic mass is 32.2. The van der Waals surface area contributed by atoms with E-state index in [1.54, 1.807) is 0 Å². The monoisotopic (exact) mass is 283 g/mol. The number of aromatic nitrogens is 1. The number of nitrogens with zero attached hydrogens (tertiary/aromatic N) is 2. The second kappa shape index (κ2) is 5.38. The van der Waals surface area contributed by atoms with Crippen LogP contribution >= 0.6 is 11.8 Å². The van der Waals surface area contributed by atoms with Gasteiger partial charge in [-0.05, 0) is 42.1 Å². The molecule has 0 aliphatic carbocycles. The zero-order chi connectivity index (χ0) is 13.9. The van der Waals surface area contributed by atoms with Crippen molar-refractivity contribution in [1.82, 2.24) is 9.88 Å². The van der Waals surface area contributed by atoms with Crippen molar-refractivity contribution in [3.63, 3.8) is 0 Å². The van der Waals surface area contributed by atoms with Gasteiger partial charge in [-0.15, -0.1) is 0 Å². The topological polar surface area (TPSA) is 46.4 Å². The van der Waals surface area contributed by atoms with Crippen LogP contribution in [0.3, 0.4) is 0 Å². The molecule has 1 aromatic heterocycles. The third-order valence-electron chi connectivity index (χ3n) is 2.90. The van der Waals surface area contributed by atoms with Gasteiger partial charge in [-0.2, -0.15) is 0 Å². The normalized spacial score (nSPS) is 18.8. The Bertz CT molecular complexity index is 701. The molecular formula is C15H13N3OS. The van der Waals surface area contributed by atoms with Gasteiger partial charge in [0, 0.05) is 18.9 Å². The third kappa shape index (κ3) is 2.67. The molecule has 1 N–H and O–H groups in total. The summed E-state index contributed by atoms with van der Waals surface area (Å²) in [7, 11) is 1.95. The van der Waals surface area contributed by atoms with Crippen molar-refractivity contribution < 1.29 is 4.79 Å². The van der Waals surface area contributed by atoms with Gasteiger partial charge >= 0.3 is 0 Å². The predicted molar refractivity (Wildman–Crippen MR) is 82.7 cm³/mol. The summed E-state index contributed by atoms with van der Waals surface area (Å²) in [6.07, 6.45) is 3.82. The average Bonchev–Trinajstić information content (AvgIpc) is 2.99. The lowest BCUT2D eigenvalue weighted by atomic mass is 10.3. The summed E-state index contributed by atoms with van der Waals surface area (Å²) in [4.78, 5) is 17.0. The van der Waals surface area contributed by atoms with E-state index in [0.717, 1.165) is 11.4 Å². The molecule has 20 heavy (non-hydrogen) atoms. The zero-order valence-electron chi connectivity index (χ0n) is 10.9. The Hall–Kier alpha value is -2.27. The number of amidine groups is 1. The Morgan fingerprint density at radius 3 is 2.70 bits per heavy atom. The van der Waals surface area contributed by atoms with Crippen LogP contribution in [-0.4, -0.2) is 15.6 Å². The van der Waals surface area contributed by atoms with Gasteiger partial charge in [-0.1, -0.05) is 18.2 Å². The van der Waals surface area contributed by atoms with E-state index in [4.69, 9.17) is 0 Å². The highest BCUT2D eigenvalue weighted by Gasteiger charge is 2.23. The van der Waals surface area contributed by atoms with Crippen LogP contribution in [0.5, 0.6) is 0 Å². The van der Waals surface area contributed by atoms with Crippen LogP contribution in [0.1, 0.15) is 5.69 Å². The van der Waals surface area contributed by atoms with Crippen LogP contribution in [0.2, 0.25) is 0 Å².